The molecule has 1 aromatic carbocycles. The van der Waals surface area contributed by atoms with Crippen LogP contribution >= 0.6 is 11.8 Å². The molecule has 0 spiro atoms. The zero-order valence-electron chi connectivity index (χ0n) is 25.4. The van der Waals surface area contributed by atoms with E-state index in [1.165, 1.54) is 51.3 Å². The lowest BCUT2D eigenvalue weighted by molar-refractivity contribution is -0.110. The van der Waals surface area contributed by atoms with Crippen LogP contribution in [-0.2, 0) is 16.0 Å². The molecule has 238 valence electrons. The van der Waals surface area contributed by atoms with Crippen LogP contribution in [-0.4, -0.2) is 59.2 Å². The molecule has 0 aliphatic heterocycles. The van der Waals surface area contributed by atoms with Gasteiger partial charge in [0.15, 0.2) is 5.75 Å². The molecular weight excluding hydrogens is 578 g/mol. The van der Waals surface area contributed by atoms with Crippen LogP contribution in [0, 0.1) is 41.2 Å². The molecule has 2 fully saturated rings. The average Bonchev–Trinajstić information content (AvgIpc) is 3.64. The fraction of sp³-hybridized carbons (Fsp3) is 0.500. The molecule has 2 atom stereocenters. The molecule has 2 amide bonds. The summed E-state index contributed by atoms with van der Waals surface area (Å²) >= 11 is 0.664. The van der Waals surface area contributed by atoms with Crippen molar-refractivity contribution in [2.24, 2.45) is 11.8 Å². The Morgan fingerprint density at radius 2 is 1.67 bits per heavy atom. The number of aryl methyl sites for hydroxylation is 1. The number of rotatable bonds is 8. The predicted octanol–water partition coefficient (Wildman–Crippen LogP) is 4.23. The van der Waals surface area contributed by atoms with Gasteiger partial charge in [-0.2, -0.15) is 0 Å². The van der Waals surface area contributed by atoms with E-state index < -0.39 is 22.8 Å². The molecule has 1 aromatic heterocycles. The fourth-order valence-electron chi connectivity index (χ4n) is 4.05. The Morgan fingerprint density at radius 1 is 1.09 bits per heavy atom. The molecule has 2 aliphatic rings. The average molecular weight is 623 g/mol. The predicted molar refractivity (Wildman–Crippen MR) is 168 cm³/mol. The van der Waals surface area contributed by atoms with Crippen molar-refractivity contribution in [1.82, 2.24) is 20.9 Å². The molecular formula is C30H44F2N6O4S. The summed E-state index contributed by atoms with van der Waals surface area (Å²) in [5, 5.41) is 33.2. The highest BCUT2D eigenvalue weighted by molar-refractivity contribution is 8.26. The van der Waals surface area contributed by atoms with Crippen molar-refractivity contribution in [1.29, 1.82) is 10.8 Å². The van der Waals surface area contributed by atoms with Crippen molar-refractivity contribution in [3.05, 3.63) is 63.1 Å². The number of amides is 2. The zero-order chi connectivity index (χ0) is 32.5. The van der Waals surface area contributed by atoms with E-state index in [4.69, 9.17) is 10.8 Å². The van der Waals surface area contributed by atoms with Crippen molar-refractivity contribution in [3.8, 4) is 5.75 Å². The Balaban J connectivity index is 0.000000378. The molecule has 7 N–H and O–H groups in total. The molecule has 0 bridgehead atoms. The van der Waals surface area contributed by atoms with E-state index in [1.54, 1.807) is 0 Å². The maximum absolute atomic E-state index is 13.5. The molecule has 2 unspecified atom stereocenters. The van der Waals surface area contributed by atoms with Crippen molar-refractivity contribution in [3.63, 3.8) is 0 Å². The van der Waals surface area contributed by atoms with Gasteiger partial charge in [-0.05, 0) is 76.6 Å². The highest BCUT2D eigenvalue weighted by Crippen LogP contribution is 2.31. The topological polar surface area (TPSA) is 171 Å². The van der Waals surface area contributed by atoms with Crippen LogP contribution < -0.4 is 21.4 Å². The Hall–Kier alpha value is -3.58. The van der Waals surface area contributed by atoms with Crippen molar-refractivity contribution < 1.29 is 23.5 Å². The zero-order valence-corrected chi connectivity index (χ0v) is 26.2. The summed E-state index contributed by atoms with van der Waals surface area (Å²) < 4.78 is 26.4. The molecule has 13 heteroatoms. The van der Waals surface area contributed by atoms with E-state index in [9.17, 15) is 28.3 Å². The van der Waals surface area contributed by atoms with E-state index in [2.05, 4.69) is 34.8 Å². The minimum atomic E-state index is -0.771. The second-order valence-corrected chi connectivity index (χ2v) is 11.7. The molecule has 1 heterocycles. The maximum atomic E-state index is 13.5. The largest absolute Gasteiger partial charge is 0.503 e. The second-order valence-electron chi connectivity index (χ2n) is 10.6. The number of aromatic nitrogens is 1. The van der Waals surface area contributed by atoms with Crippen LogP contribution in [0.15, 0.2) is 29.2 Å². The summed E-state index contributed by atoms with van der Waals surface area (Å²) in [5.41, 5.74) is -0.390. The van der Waals surface area contributed by atoms with E-state index in [1.807, 2.05) is 14.1 Å². The lowest BCUT2D eigenvalue weighted by atomic mass is 9.94. The molecule has 2 aromatic rings. The van der Waals surface area contributed by atoms with Gasteiger partial charge in [-0.1, -0.05) is 31.7 Å². The van der Waals surface area contributed by atoms with Crippen LogP contribution in [0.5, 0.6) is 5.75 Å². The van der Waals surface area contributed by atoms with Gasteiger partial charge in [0.25, 0.3) is 0 Å². The van der Waals surface area contributed by atoms with E-state index in [0.717, 1.165) is 36.8 Å². The molecule has 2 aliphatic carbocycles. The maximum Gasteiger partial charge on any atom is 0.233 e. The lowest BCUT2D eigenvalue weighted by Gasteiger charge is -2.13. The minimum absolute atomic E-state index is 0.0811. The van der Waals surface area contributed by atoms with E-state index in [0.29, 0.717) is 23.8 Å². The Bertz CT molecular complexity index is 1270. The van der Waals surface area contributed by atoms with Gasteiger partial charge >= 0.3 is 0 Å². The summed E-state index contributed by atoms with van der Waals surface area (Å²) in [6.45, 7) is 6.03. The van der Waals surface area contributed by atoms with Crippen LogP contribution in [0.2, 0.25) is 0 Å². The highest BCUT2D eigenvalue weighted by Gasteiger charge is 2.26. The van der Waals surface area contributed by atoms with Crippen LogP contribution in [0.25, 0.3) is 0 Å². The Kier molecular flexibility index (Phi) is 17.0. The smallest absolute Gasteiger partial charge is 0.233 e. The van der Waals surface area contributed by atoms with Gasteiger partial charge in [-0.3, -0.25) is 25.2 Å². The van der Waals surface area contributed by atoms with Crippen molar-refractivity contribution in [2.75, 3.05) is 14.1 Å². The van der Waals surface area contributed by atoms with Gasteiger partial charge in [0, 0.05) is 30.8 Å². The molecule has 4 rings (SSSR count). The molecule has 2 saturated carbocycles. The number of aromatic hydroxyl groups is 1. The first-order valence-corrected chi connectivity index (χ1v) is 14.9. The number of halogens is 2. The standard InChI is InChI=1S/C15H13F2N3O2S.C9H17NO.C4H7NO.C2H7N/c1-7-13(21)14(22)10(6-20-7)15(19)23-12(18)4-8-2-3-9(16)5-11(8)17;1-7(2)8-3-4-9(5-8)10-6-11;6-3-5-4-1-2-4;1-3-2/h2-3,5-6,18-19,21H,4H2,1H3,(H,20,22);6-9H,3-5H2,1-2H3,(H,10,11);3-4H,1-2H2,(H,5,6);3H,1-2H3. The van der Waals surface area contributed by atoms with Crippen LogP contribution in [0.1, 0.15) is 62.8 Å². The number of hydrogen-bond donors (Lipinski definition) is 7. The summed E-state index contributed by atoms with van der Waals surface area (Å²) in [6.07, 6.45) is 8.72. The van der Waals surface area contributed by atoms with Gasteiger partial charge in [-0.15, -0.1) is 0 Å². The number of carbonyl (C=O) groups is 2. The first-order valence-electron chi connectivity index (χ1n) is 14.1. The molecule has 10 nitrogen and oxygen atoms in total. The van der Waals surface area contributed by atoms with Gasteiger partial charge < -0.3 is 26.0 Å². The van der Waals surface area contributed by atoms with E-state index in [-0.39, 0.29) is 33.3 Å². The number of thioether (sulfide) groups is 1. The Morgan fingerprint density at radius 3 is 2.16 bits per heavy atom. The second kappa shape index (κ2) is 19.6. The van der Waals surface area contributed by atoms with Gasteiger partial charge in [0.2, 0.25) is 18.2 Å². The highest BCUT2D eigenvalue weighted by atomic mass is 32.2. The van der Waals surface area contributed by atoms with Gasteiger partial charge in [0.1, 0.15) is 16.7 Å². The first kappa shape index (κ1) is 37.4. The van der Waals surface area contributed by atoms with Crippen molar-refractivity contribution in [2.45, 2.75) is 71.4 Å². The monoisotopic (exact) mass is 622 g/mol. The van der Waals surface area contributed by atoms with Gasteiger partial charge in [-0.25, -0.2) is 8.78 Å². The van der Waals surface area contributed by atoms with E-state index >= 15 is 0 Å². The van der Waals surface area contributed by atoms with Gasteiger partial charge in [0.05, 0.1) is 16.3 Å². The fourth-order valence-corrected chi connectivity index (χ4v) is 4.78. The number of aromatic amines is 1. The Labute approximate surface area is 255 Å². The molecule has 43 heavy (non-hydrogen) atoms. The number of benzene rings is 1. The number of hydrogen-bond acceptors (Lipinski definition) is 8. The third-order valence-corrected chi connectivity index (χ3v) is 7.50. The third kappa shape index (κ3) is 14.0. The quantitative estimate of drug-likeness (QED) is 0.132. The first-order chi connectivity index (χ1) is 20.4. The summed E-state index contributed by atoms with van der Waals surface area (Å²) in [4.78, 5) is 34.2. The SMILES string of the molecule is CC(C)C1CCC(NC=O)C1.CNC.Cc1[nH]cc(C(=N)SC(=N)Cc2ccc(F)cc2F)c(=O)c1O.O=CNC1CC1. The lowest BCUT2D eigenvalue weighted by Crippen LogP contribution is -2.24. The number of pyridine rings is 1. The van der Waals surface area contributed by atoms with Crippen molar-refractivity contribution >= 4 is 34.7 Å². The van der Waals surface area contributed by atoms with Crippen LogP contribution in [0.3, 0.4) is 0 Å². The minimum Gasteiger partial charge on any atom is -0.503 e. The normalized spacial score (nSPS) is 16.7. The summed E-state index contributed by atoms with van der Waals surface area (Å²) in [6, 6.07) is 4.03. The molecule has 0 saturated heterocycles. The number of carbonyl (C=O) groups excluding carboxylic acids is 2. The molecule has 0 radical (unpaired) electrons. The number of nitrogens with one attached hydrogen (secondary N) is 6. The third-order valence-electron chi connectivity index (χ3n) is 6.68. The summed E-state index contributed by atoms with van der Waals surface area (Å²) in [7, 11) is 3.75. The van der Waals surface area contributed by atoms with Crippen LogP contribution in [0.4, 0.5) is 8.78 Å². The summed E-state index contributed by atoms with van der Waals surface area (Å²) in [5.74, 6) is -0.364. The number of H-pyrrole nitrogens is 1.